The zero-order valence-electron chi connectivity index (χ0n) is 17.1. The largest absolute Gasteiger partial charge is 0.406 e. The molecule has 2 N–H and O–H groups in total. The Balaban J connectivity index is 2.01. The van der Waals surface area contributed by atoms with Gasteiger partial charge in [-0.3, -0.25) is 14.5 Å². The van der Waals surface area contributed by atoms with Gasteiger partial charge in [0.05, 0.1) is 27.5 Å². The molecule has 11 heteroatoms. The first kappa shape index (κ1) is 22.0. The number of nitrogens with one attached hydrogen (secondary N) is 2. The Bertz CT molecular complexity index is 1490. The molecule has 32 heavy (non-hydrogen) atoms. The van der Waals surface area contributed by atoms with Crippen LogP contribution in [-0.4, -0.2) is 35.4 Å². The maximum Gasteiger partial charge on any atom is 0.406 e. The van der Waals surface area contributed by atoms with E-state index in [1.165, 1.54) is 18.3 Å². The second kappa shape index (κ2) is 7.75. The maximum absolute atomic E-state index is 13.3. The predicted molar refractivity (Wildman–Crippen MR) is 115 cm³/mol. The molecule has 0 fully saturated rings. The van der Waals surface area contributed by atoms with E-state index in [-0.39, 0.29) is 21.8 Å². The molecule has 0 aliphatic carbocycles. The summed E-state index contributed by atoms with van der Waals surface area (Å²) in [7, 11) is -3.88. The topological polar surface area (TPSA) is 96.8 Å². The summed E-state index contributed by atoms with van der Waals surface area (Å²) in [6.45, 7) is 1.88. The summed E-state index contributed by atoms with van der Waals surface area (Å²) in [6.07, 6.45) is -3.44. The van der Waals surface area contributed by atoms with Crippen LogP contribution < -0.4 is 10.3 Å². The molecule has 4 aromatic rings. The molecular formula is C21H19F3N4O3S. The summed E-state index contributed by atoms with van der Waals surface area (Å²) < 4.78 is 68.6. The van der Waals surface area contributed by atoms with Gasteiger partial charge in [0.2, 0.25) is 10.0 Å². The van der Waals surface area contributed by atoms with Crippen molar-refractivity contribution in [2.45, 2.75) is 37.5 Å². The van der Waals surface area contributed by atoms with Crippen LogP contribution in [0.3, 0.4) is 0 Å². The number of hydrogen-bond donors (Lipinski definition) is 2. The number of pyridine rings is 1. The average Bonchev–Trinajstić information content (AvgIpc) is 3.19. The van der Waals surface area contributed by atoms with Gasteiger partial charge < -0.3 is 0 Å². The van der Waals surface area contributed by atoms with Gasteiger partial charge in [0, 0.05) is 17.0 Å². The van der Waals surface area contributed by atoms with Crippen molar-refractivity contribution in [2.75, 3.05) is 0 Å². The number of rotatable bonds is 5. The van der Waals surface area contributed by atoms with E-state index >= 15 is 0 Å². The van der Waals surface area contributed by atoms with Gasteiger partial charge in [0.1, 0.15) is 6.54 Å². The lowest BCUT2D eigenvalue weighted by atomic mass is 10.0. The highest BCUT2D eigenvalue weighted by molar-refractivity contribution is 7.89. The molecule has 0 aliphatic heterocycles. The lowest BCUT2D eigenvalue weighted by molar-refractivity contribution is -0.140. The van der Waals surface area contributed by atoms with Crippen LogP contribution in [0, 0.1) is 0 Å². The van der Waals surface area contributed by atoms with Crippen molar-refractivity contribution in [2.24, 2.45) is 0 Å². The molecule has 0 radical (unpaired) electrons. The molecule has 2 aromatic carbocycles. The van der Waals surface area contributed by atoms with E-state index in [2.05, 4.69) is 14.9 Å². The quantitative estimate of drug-likeness (QED) is 0.470. The third-order valence-corrected chi connectivity index (χ3v) is 6.61. The van der Waals surface area contributed by atoms with Gasteiger partial charge in [-0.05, 0) is 31.5 Å². The number of H-pyrrole nitrogens is 1. The number of benzene rings is 2. The fourth-order valence-electron chi connectivity index (χ4n) is 3.69. The minimum Gasteiger partial charge on any atom is -0.298 e. The third kappa shape index (κ3) is 4.00. The zero-order chi connectivity index (χ0) is 23.3. The second-order valence-corrected chi connectivity index (χ2v) is 9.35. The van der Waals surface area contributed by atoms with Crippen molar-refractivity contribution in [1.29, 1.82) is 0 Å². The Morgan fingerprint density at radius 3 is 2.53 bits per heavy atom. The number of fused-ring (bicyclic) bond motifs is 3. The molecule has 0 unspecified atom stereocenters. The molecule has 0 atom stereocenters. The summed E-state index contributed by atoms with van der Waals surface area (Å²) in [5.41, 5.74) is 0.163. The monoisotopic (exact) mass is 464 g/mol. The lowest BCUT2D eigenvalue weighted by Crippen LogP contribution is -2.30. The molecule has 0 saturated carbocycles. The van der Waals surface area contributed by atoms with E-state index in [4.69, 9.17) is 0 Å². The number of sulfonamides is 1. The van der Waals surface area contributed by atoms with E-state index in [0.717, 1.165) is 0 Å². The molecule has 4 rings (SSSR count). The Morgan fingerprint density at radius 1 is 1.12 bits per heavy atom. The fraction of sp³-hybridized carbons (Fsp3) is 0.238. The Labute approximate surface area is 180 Å². The SMILES string of the molecule is CC(C)NS(=O)(=O)c1ccccc1-c1ccc2c3[nH]ncc3c(=O)n(CC(F)(F)F)c2c1. The molecule has 2 aromatic heterocycles. The van der Waals surface area contributed by atoms with Crippen LogP contribution >= 0.6 is 0 Å². The van der Waals surface area contributed by atoms with E-state index in [9.17, 15) is 26.4 Å². The van der Waals surface area contributed by atoms with Crippen LogP contribution in [0.2, 0.25) is 0 Å². The van der Waals surface area contributed by atoms with Crippen LogP contribution in [0.4, 0.5) is 13.2 Å². The minimum absolute atomic E-state index is 0.0135. The number of aromatic nitrogens is 3. The first-order valence-corrected chi connectivity index (χ1v) is 11.1. The van der Waals surface area contributed by atoms with E-state index in [1.54, 1.807) is 44.2 Å². The van der Waals surface area contributed by atoms with Crippen LogP contribution in [0.15, 0.2) is 58.4 Å². The number of nitrogens with zero attached hydrogens (tertiary/aromatic N) is 2. The number of halogens is 3. The summed E-state index contributed by atoms with van der Waals surface area (Å²) in [6, 6.07) is 10.4. The molecule has 2 heterocycles. The van der Waals surface area contributed by atoms with Gasteiger partial charge in [0.25, 0.3) is 5.56 Å². The normalized spacial score (nSPS) is 12.8. The van der Waals surface area contributed by atoms with Crippen molar-refractivity contribution in [3.8, 4) is 11.1 Å². The van der Waals surface area contributed by atoms with Gasteiger partial charge >= 0.3 is 6.18 Å². The van der Waals surface area contributed by atoms with Crippen LogP contribution in [0.5, 0.6) is 0 Å². The van der Waals surface area contributed by atoms with Crippen molar-refractivity contribution >= 4 is 31.8 Å². The minimum atomic E-state index is -4.63. The average molecular weight is 464 g/mol. The zero-order valence-corrected chi connectivity index (χ0v) is 17.9. The first-order chi connectivity index (χ1) is 15.0. The standard InChI is InChI=1S/C21H19F3N4O3S/c1-12(2)27-32(30,31)18-6-4-3-5-14(18)13-7-8-15-17(9-13)28(11-21(22,23)24)20(29)16-10-25-26-19(15)16/h3-10,12,27H,11H2,1-2H3,(H,25,26). The molecular weight excluding hydrogens is 445 g/mol. The maximum atomic E-state index is 13.3. The Morgan fingerprint density at radius 2 is 1.84 bits per heavy atom. The Hall–Kier alpha value is -3.18. The summed E-state index contributed by atoms with van der Waals surface area (Å²) in [5, 5.41) is 6.86. The van der Waals surface area contributed by atoms with Crippen molar-refractivity contribution in [3.63, 3.8) is 0 Å². The molecule has 168 valence electrons. The van der Waals surface area contributed by atoms with E-state index in [0.29, 0.717) is 26.6 Å². The lowest BCUT2D eigenvalue weighted by Gasteiger charge is -2.16. The van der Waals surface area contributed by atoms with Crippen LogP contribution in [-0.2, 0) is 16.6 Å². The second-order valence-electron chi connectivity index (χ2n) is 7.67. The highest BCUT2D eigenvalue weighted by Crippen LogP contribution is 2.32. The van der Waals surface area contributed by atoms with Crippen molar-refractivity contribution in [1.82, 2.24) is 19.5 Å². The van der Waals surface area contributed by atoms with Crippen molar-refractivity contribution < 1.29 is 21.6 Å². The molecule has 0 bridgehead atoms. The van der Waals surface area contributed by atoms with Crippen molar-refractivity contribution in [3.05, 3.63) is 59.0 Å². The predicted octanol–water partition coefficient (Wildman–Crippen LogP) is 3.79. The van der Waals surface area contributed by atoms with Gasteiger partial charge in [-0.25, -0.2) is 13.1 Å². The van der Waals surface area contributed by atoms with Gasteiger partial charge in [0.15, 0.2) is 0 Å². The number of alkyl halides is 3. The first-order valence-electron chi connectivity index (χ1n) is 9.66. The molecule has 7 nitrogen and oxygen atoms in total. The molecule has 0 saturated heterocycles. The summed E-state index contributed by atoms with van der Waals surface area (Å²) >= 11 is 0. The molecule has 0 spiro atoms. The highest BCUT2D eigenvalue weighted by atomic mass is 32.2. The van der Waals surface area contributed by atoms with E-state index < -0.39 is 28.3 Å². The third-order valence-electron chi connectivity index (χ3n) is 4.89. The molecule has 0 amide bonds. The van der Waals surface area contributed by atoms with Gasteiger partial charge in [-0.15, -0.1) is 0 Å². The van der Waals surface area contributed by atoms with Gasteiger partial charge in [-0.2, -0.15) is 18.3 Å². The van der Waals surface area contributed by atoms with E-state index in [1.807, 2.05) is 0 Å². The summed E-state index contributed by atoms with van der Waals surface area (Å²) in [4.78, 5) is 12.8. The number of hydrogen-bond acceptors (Lipinski definition) is 4. The fourth-order valence-corrected chi connectivity index (χ4v) is 5.17. The van der Waals surface area contributed by atoms with Crippen LogP contribution in [0.1, 0.15) is 13.8 Å². The highest BCUT2D eigenvalue weighted by Gasteiger charge is 2.30. The molecule has 0 aliphatic rings. The Kier molecular flexibility index (Phi) is 5.33. The van der Waals surface area contributed by atoms with Crippen LogP contribution in [0.25, 0.3) is 32.9 Å². The van der Waals surface area contributed by atoms with Gasteiger partial charge in [-0.1, -0.05) is 30.3 Å². The smallest absolute Gasteiger partial charge is 0.298 e. The number of aromatic amines is 1. The summed E-state index contributed by atoms with van der Waals surface area (Å²) in [5.74, 6) is 0.